The van der Waals surface area contributed by atoms with Crippen molar-refractivity contribution >= 4 is 11.7 Å². The first kappa shape index (κ1) is 15.8. The molecule has 20 heavy (non-hydrogen) atoms. The van der Waals surface area contributed by atoms with Crippen LogP contribution in [0, 0.1) is 10.1 Å². The highest BCUT2D eigenvalue weighted by Gasteiger charge is 2.20. The van der Waals surface area contributed by atoms with Gasteiger partial charge in [-0.1, -0.05) is 0 Å². The lowest BCUT2D eigenvalue weighted by Gasteiger charge is -2.10. The maximum absolute atomic E-state index is 11.3. The van der Waals surface area contributed by atoms with Gasteiger partial charge in [0, 0.05) is 12.6 Å². The van der Waals surface area contributed by atoms with Crippen molar-refractivity contribution in [3.8, 4) is 5.88 Å². The normalized spacial score (nSPS) is 10.4. The molecule has 0 aliphatic carbocycles. The number of nitrogens with zero attached hydrogens (tertiary/aromatic N) is 3. The molecular weight excluding hydrogens is 266 g/mol. The standard InChI is InChI=1S/C12H17N3O5/c1-14(2)7-4-8-20-11-10(15(17)18)6-5-9(13-11)12(16)19-3/h5-6H,4,7-8H2,1-3H3. The van der Waals surface area contributed by atoms with E-state index >= 15 is 0 Å². The minimum atomic E-state index is -0.668. The topological polar surface area (TPSA) is 94.8 Å². The van der Waals surface area contributed by atoms with Crippen molar-refractivity contribution in [3.63, 3.8) is 0 Å². The Morgan fingerprint density at radius 1 is 1.45 bits per heavy atom. The van der Waals surface area contributed by atoms with Crippen molar-refractivity contribution in [1.82, 2.24) is 9.88 Å². The van der Waals surface area contributed by atoms with Crippen molar-refractivity contribution < 1.29 is 19.2 Å². The number of pyridine rings is 1. The van der Waals surface area contributed by atoms with Crippen LogP contribution in [0.2, 0.25) is 0 Å². The van der Waals surface area contributed by atoms with E-state index in [1.165, 1.54) is 19.2 Å². The zero-order chi connectivity index (χ0) is 15.1. The Morgan fingerprint density at radius 2 is 2.15 bits per heavy atom. The molecule has 0 radical (unpaired) electrons. The van der Waals surface area contributed by atoms with Gasteiger partial charge in [0.25, 0.3) is 5.88 Å². The number of aromatic nitrogens is 1. The Morgan fingerprint density at radius 3 is 2.70 bits per heavy atom. The van der Waals surface area contributed by atoms with Gasteiger partial charge in [0.2, 0.25) is 0 Å². The molecule has 0 atom stereocenters. The van der Waals surface area contributed by atoms with Crippen LogP contribution in [-0.4, -0.2) is 55.1 Å². The molecule has 0 unspecified atom stereocenters. The Labute approximate surface area is 116 Å². The molecular formula is C12H17N3O5. The van der Waals surface area contributed by atoms with E-state index in [2.05, 4.69) is 9.72 Å². The summed E-state index contributed by atoms with van der Waals surface area (Å²) in [5.41, 5.74) is -0.303. The van der Waals surface area contributed by atoms with Gasteiger partial charge in [-0.25, -0.2) is 9.78 Å². The largest absolute Gasteiger partial charge is 0.473 e. The van der Waals surface area contributed by atoms with Crippen LogP contribution in [0.3, 0.4) is 0 Å². The van der Waals surface area contributed by atoms with E-state index in [1.54, 1.807) is 0 Å². The molecule has 0 saturated carbocycles. The Hall–Kier alpha value is -2.22. The monoisotopic (exact) mass is 283 g/mol. The Balaban J connectivity index is 2.83. The van der Waals surface area contributed by atoms with Crippen LogP contribution < -0.4 is 4.74 Å². The van der Waals surface area contributed by atoms with Crippen LogP contribution in [0.25, 0.3) is 0 Å². The SMILES string of the molecule is COC(=O)c1ccc([N+](=O)[O-])c(OCCCN(C)C)n1. The molecule has 1 heterocycles. The Bertz CT molecular complexity index is 490. The number of rotatable bonds is 7. The van der Waals surface area contributed by atoms with Gasteiger partial charge in [-0.3, -0.25) is 10.1 Å². The number of carbonyl (C=O) groups is 1. The number of nitro groups is 1. The smallest absolute Gasteiger partial charge is 0.356 e. The van der Waals surface area contributed by atoms with E-state index in [9.17, 15) is 14.9 Å². The molecule has 0 saturated heterocycles. The summed E-state index contributed by atoms with van der Waals surface area (Å²) >= 11 is 0. The fourth-order valence-electron chi connectivity index (χ4n) is 1.45. The van der Waals surface area contributed by atoms with Gasteiger partial charge in [0.15, 0.2) is 5.69 Å². The zero-order valence-electron chi connectivity index (χ0n) is 11.7. The van der Waals surface area contributed by atoms with Crippen molar-refractivity contribution in [2.45, 2.75) is 6.42 Å². The third-order valence-electron chi connectivity index (χ3n) is 2.42. The summed E-state index contributed by atoms with van der Waals surface area (Å²) < 4.78 is 9.81. The van der Waals surface area contributed by atoms with E-state index in [1.807, 2.05) is 19.0 Å². The highest BCUT2D eigenvalue weighted by atomic mass is 16.6. The van der Waals surface area contributed by atoms with Crippen molar-refractivity contribution in [3.05, 3.63) is 27.9 Å². The lowest BCUT2D eigenvalue weighted by Crippen LogP contribution is -2.16. The molecule has 1 aromatic heterocycles. The lowest BCUT2D eigenvalue weighted by molar-refractivity contribution is -0.386. The van der Waals surface area contributed by atoms with Crippen LogP contribution >= 0.6 is 0 Å². The molecule has 0 N–H and O–H groups in total. The summed E-state index contributed by atoms with van der Waals surface area (Å²) in [7, 11) is 5.04. The van der Waals surface area contributed by atoms with Crippen LogP contribution in [-0.2, 0) is 4.74 Å². The maximum Gasteiger partial charge on any atom is 0.356 e. The fourth-order valence-corrected chi connectivity index (χ4v) is 1.45. The summed E-state index contributed by atoms with van der Waals surface area (Å²) in [5, 5.41) is 10.9. The van der Waals surface area contributed by atoms with Gasteiger partial charge in [-0.05, 0) is 26.6 Å². The summed E-state index contributed by atoms with van der Waals surface area (Å²) in [6.07, 6.45) is 0.689. The molecule has 0 fully saturated rings. The van der Waals surface area contributed by atoms with E-state index in [0.29, 0.717) is 6.42 Å². The molecule has 8 nitrogen and oxygen atoms in total. The van der Waals surface area contributed by atoms with Gasteiger partial charge in [-0.15, -0.1) is 0 Å². The number of methoxy groups -OCH3 is 1. The summed E-state index contributed by atoms with van der Waals surface area (Å²) in [4.78, 5) is 27.4. The van der Waals surface area contributed by atoms with Gasteiger partial charge in [0.05, 0.1) is 18.6 Å². The second kappa shape index (κ2) is 7.39. The Kier molecular flexibility index (Phi) is 5.85. The third kappa shape index (κ3) is 4.47. The molecule has 1 rings (SSSR count). The first-order valence-corrected chi connectivity index (χ1v) is 5.97. The number of hydrogen-bond acceptors (Lipinski definition) is 7. The molecule has 8 heteroatoms. The molecule has 1 aromatic rings. The fraction of sp³-hybridized carbons (Fsp3) is 0.500. The van der Waals surface area contributed by atoms with Gasteiger partial charge >= 0.3 is 11.7 Å². The van der Waals surface area contributed by atoms with Crippen LogP contribution in [0.15, 0.2) is 12.1 Å². The average Bonchev–Trinajstić information content (AvgIpc) is 2.42. The van der Waals surface area contributed by atoms with Crippen LogP contribution in [0.1, 0.15) is 16.9 Å². The highest BCUT2D eigenvalue weighted by molar-refractivity contribution is 5.87. The second-order valence-corrected chi connectivity index (χ2v) is 4.27. The minimum Gasteiger partial charge on any atom is -0.473 e. The van der Waals surface area contributed by atoms with Gasteiger partial charge in [-0.2, -0.15) is 0 Å². The predicted molar refractivity (Wildman–Crippen MR) is 70.9 cm³/mol. The van der Waals surface area contributed by atoms with Gasteiger partial charge < -0.3 is 14.4 Å². The summed E-state index contributed by atoms with van der Waals surface area (Å²) in [6.45, 7) is 1.06. The molecule has 0 aliphatic heterocycles. The third-order valence-corrected chi connectivity index (χ3v) is 2.42. The number of hydrogen-bond donors (Lipinski definition) is 0. The summed E-state index contributed by atoms with van der Waals surface area (Å²) in [5.74, 6) is -0.838. The molecule has 0 amide bonds. The highest BCUT2D eigenvalue weighted by Crippen LogP contribution is 2.24. The molecule has 110 valence electrons. The molecule has 0 aliphatic rings. The van der Waals surface area contributed by atoms with E-state index < -0.39 is 10.9 Å². The molecule has 0 spiro atoms. The average molecular weight is 283 g/mol. The predicted octanol–water partition coefficient (Wildman–Crippen LogP) is 1.11. The molecule has 0 bridgehead atoms. The lowest BCUT2D eigenvalue weighted by atomic mass is 10.3. The minimum absolute atomic E-state index is 0.0271. The first-order valence-electron chi connectivity index (χ1n) is 5.97. The van der Waals surface area contributed by atoms with Crippen LogP contribution in [0.4, 0.5) is 5.69 Å². The number of esters is 1. The van der Waals surface area contributed by atoms with E-state index in [-0.39, 0.29) is 23.9 Å². The quantitative estimate of drug-likeness (QED) is 0.320. The van der Waals surface area contributed by atoms with Gasteiger partial charge in [0.1, 0.15) is 0 Å². The maximum atomic E-state index is 11.3. The van der Waals surface area contributed by atoms with E-state index in [4.69, 9.17) is 4.74 Å². The van der Waals surface area contributed by atoms with Crippen molar-refractivity contribution in [2.75, 3.05) is 34.4 Å². The van der Waals surface area contributed by atoms with Crippen molar-refractivity contribution in [1.29, 1.82) is 0 Å². The first-order chi connectivity index (χ1) is 9.45. The van der Waals surface area contributed by atoms with Crippen molar-refractivity contribution in [2.24, 2.45) is 0 Å². The second-order valence-electron chi connectivity index (χ2n) is 4.27. The van der Waals surface area contributed by atoms with E-state index in [0.717, 1.165) is 6.54 Å². The zero-order valence-corrected chi connectivity index (χ0v) is 11.7. The number of carbonyl (C=O) groups excluding carboxylic acids is 1. The number of ether oxygens (including phenoxy) is 2. The molecule has 0 aromatic carbocycles. The summed E-state index contributed by atoms with van der Waals surface area (Å²) in [6, 6.07) is 2.41. The van der Waals surface area contributed by atoms with Crippen LogP contribution in [0.5, 0.6) is 5.88 Å².